The number of ether oxygens (including phenoxy) is 3. The summed E-state index contributed by atoms with van der Waals surface area (Å²) in [4.78, 5) is 2.43. The smallest absolute Gasteiger partial charge is 0.231 e. The Bertz CT molecular complexity index is 429. The Morgan fingerprint density at radius 1 is 1.05 bits per heavy atom. The Hall–Kier alpha value is -0.720. The van der Waals surface area contributed by atoms with E-state index in [4.69, 9.17) is 14.2 Å². The Morgan fingerprint density at radius 3 is 2.62 bits per heavy atom. The molecule has 0 radical (unpaired) electrons. The van der Waals surface area contributed by atoms with Crippen LogP contribution in [-0.4, -0.2) is 51.1 Å². The van der Waals surface area contributed by atoms with Gasteiger partial charge in [-0.05, 0) is 17.7 Å². The number of nitrogens with one attached hydrogen (secondary N) is 1. The van der Waals surface area contributed by atoms with Crippen LogP contribution in [0.4, 0.5) is 0 Å². The standard InChI is InChI=1S/C14H20N2O3.2ClH/c1-2-13-14(19-11-18-13)9-12(1)10-15-3-4-16-5-7-17-8-6-16;;/h1-2,9,15H,3-8,10-11H2;2*1H/p-2. The molecule has 1 fully saturated rings. The van der Waals surface area contributed by atoms with E-state index >= 15 is 0 Å². The molecule has 0 amide bonds. The van der Waals surface area contributed by atoms with Crippen LogP contribution >= 0.6 is 0 Å². The number of rotatable bonds is 5. The van der Waals surface area contributed by atoms with Gasteiger partial charge in [0.1, 0.15) is 0 Å². The summed E-state index contributed by atoms with van der Waals surface area (Å²) in [5, 5.41) is 3.46. The number of nitrogens with zero attached hydrogens (tertiary/aromatic N) is 1. The van der Waals surface area contributed by atoms with Crippen molar-refractivity contribution in [2.24, 2.45) is 0 Å². The van der Waals surface area contributed by atoms with Gasteiger partial charge in [-0.25, -0.2) is 0 Å². The summed E-state index contributed by atoms with van der Waals surface area (Å²) in [5.41, 5.74) is 1.23. The van der Waals surface area contributed by atoms with E-state index in [1.54, 1.807) is 0 Å². The van der Waals surface area contributed by atoms with E-state index in [9.17, 15) is 0 Å². The monoisotopic (exact) mass is 334 g/mol. The topological polar surface area (TPSA) is 43.0 Å². The molecule has 21 heavy (non-hydrogen) atoms. The lowest BCUT2D eigenvalue weighted by atomic mass is 10.2. The van der Waals surface area contributed by atoms with E-state index in [2.05, 4.69) is 16.3 Å². The van der Waals surface area contributed by atoms with Crippen molar-refractivity contribution in [3.05, 3.63) is 23.8 Å². The summed E-state index contributed by atoms with van der Waals surface area (Å²) in [5.74, 6) is 1.70. The molecule has 120 valence electrons. The molecule has 0 bridgehead atoms. The first-order valence-electron chi connectivity index (χ1n) is 6.81. The van der Waals surface area contributed by atoms with Crippen LogP contribution in [0.1, 0.15) is 5.56 Å². The third kappa shape index (κ3) is 5.20. The number of benzene rings is 1. The zero-order valence-electron chi connectivity index (χ0n) is 11.8. The van der Waals surface area contributed by atoms with Crippen molar-refractivity contribution in [3.63, 3.8) is 0 Å². The zero-order chi connectivity index (χ0) is 12.9. The Labute approximate surface area is 137 Å². The van der Waals surface area contributed by atoms with Crippen molar-refractivity contribution in [3.8, 4) is 11.5 Å². The van der Waals surface area contributed by atoms with Crippen LogP contribution < -0.4 is 39.6 Å². The molecule has 0 aliphatic carbocycles. The Morgan fingerprint density at radius 2 is 1.81 bits per heavy atom. The minimum atomic E-state index is 0. The van der Waals surface area contributed by atoms with Crippen LogP contribution in [-0.2, 0) is 11.3 Å². The molecule has 2 aliphatic rings. The van der Waals surface area contributed by atoms with Gasteiger partial charge in [0.15, 0.2) is 11.5 Å². The van der Waals surface area contributed by atoms with Gasteiger partial charge >= 0.3 is 0 Å². The summed E-state index contributed by atoms with van der Waals surface area (Å²) in [6, 6.07) is 6.10. The second-order valence-corrected chi connectivity index (χ2v) is 4.82. The number of morpholine rings is 1. The van der Waals surface area contributed by atoms with E-state index in [-0.39, 0.29) is 24.8 Å². The molecule has 0 unspecified atom stereocenters. The Kier molecular flexibility index (Phi) is 8.14. The first-order chi connectivity index (χ1) is 9.42. The van der Waals surface area contributed by atoms with Gasteiger partial charge < -0.3 is 44.3 Å². The minimum absolute atomic E-state index is 0. The lowest BCUT2D eigenvalue weighted by molar-refractivity contribution is -0.001000. The first kappa shape index (κ1) is 18.3. The summed E-state index contributed by atoms with van der Waals surface area (Å²) in [6.45, 7) is 7.09. The number of fused-ring (bicyclic) bond motifs is 1. The largest absolute Gasteiger partial charge is 1.00 e. The van der Waals surface area contributed by atoms with Crippen LogP contribution in [0.2, 0.25) is 0 Å². The van der Waals surface area contributed by atoms with E-state index in [0.29, 0.717) is 6.79 Å². The molecular weight excluding hydrogens is 315 g/mol. The lowest BCUT2D eigenvalue weighted by Gasteiger charge is -2.26. The predicted octanol–water partition coefficient (Wildman–Crippen LogP) is -5.15. The van der Waals surface area contributed by atoms with Crippen molar-refractivity contribution in [2.45, 2.75) is 6.54 Å². The quantitative estimate of drug-likeness (QED) is 0.546. The van der Waals surface area contributed by atoms with Gasteiger partial charge in [0.05, 0.1) is 13.2 Å². The maximum Gasteiger partial charge on any atom is 0.231 e. The predicted molar refractivity (Wildman–Crippen MR) is 71.5 cm³/mol. The second kappa shape index (κ2) is 9.33. The number of hydrogen-bond acceptors (Lipinski definition) is 5. The Balaban J connectivity index is 0.00000110. The highest BCUT2D eigenvalue weighted by Crippen LogP contribution is 2.32. The maximum atomic E-state index is 5.37. The third-order valence-corrected chi connectivity index (χ3v) is 3.47. The van der Waals surface area contributed by atoms with Crippen molar-refractivity contribution >= 4 is 0 Å². The second-order valence-electron chi connectivity index (χ2n) is 4.82. The highest BCUT2D eigenvalue weighted by molar-refractivity contribution is 5.44. The lowest BCUT2D eigenvalue weighted by Crippen LogP contribution is -3.00. The van der Waals surface area contributed by atoms with Crippen molar-refractivity contribution in [1.29, 1.82) is 0 Å². The van der Waals surface area contributed by atoms with E-state index in [1.807, 2.05) is 12.1 Å². The van der Waals surface area contributed by atoms with Crippen molar-refractivity contribution in [1.82, 2.24) is 10.2 Å². The molecule has 0 saturated carbocycles. The van der Waals surface area contributed by atoms with Crippen LogP contribution in [0.25, 0.3) is 0 Å². The molecule has 2 aliphatic heterocycles. The summed E-state index contributed by atoms with van der Waals surface area (Å²) < 4.78 is 16.0. The molecule has 7 heteroatoms. The molecule has 1 saturated heterocycles. The average molecular weight is 335 g/mol. The maximum absolute atomic E-state index is 5.37. The van der Waals surface area contributed by atoms with Gasteiger partial charge in [-0.15, -0.1) is 0 Å². The van der Waals surface area contributed by atoms with Crippen molar-refractivity contribution < 1.29 is 39.0 Å². The SMILES string of the molecule is [Cl-].[Cl-].c1cc2c(cc1CNCCN1CCOCC1)OCO2. The summed E-state index contributed by atoms with van der Waals surface area (Å²) in [6.07, 6.45) is 0. The summed E-state index contributed by atoms with van der Waals surface area (Å²) in [7, 11) is 0. The molecule has 1 aromatic rings. The highest BCUT2D eigenvalue weighted by atomic mass is 35.5. The van der Waals surface area contributed by atoms with E-state index in [0.717, 1.165) is 57.4 Å². The number of hydrogen-bond donors (Lipinski definition) is 1. The minimum Gasteiger partial charge on any atom is -1.00 e. The molecule has 3 rings (SSSR count). The molecule has 0 atom stereocenters. The van der Waals surface area contributed by atoms with Gasteiger partial charge in [0, 0.05) is 32.7 Å². The van der Waals surface area contributed by atoms with Crippen molar-refractivity contribution in [2.75, 3.05) is 46.2 Å². The van der Waals surface area contributed by atoms with Crippen LogP contribution in [0, 0.1) is 0 Å². The molecule has 2 heterocycles. The normalized spacial score (nSPS) is 17.0. The fourth-order valence-corrected chi connectivity index (χ4v) is 2.35. The van der Waals surface area contributed by atoms with Crippen LogP contribution in [0.15, 0.2) is 18.2 Å². The fraction of sp³-hybridized carbons (Fsp3) is 0.571. The molecule has 1 N–H and O–H groups in total. The molecule has 1 aromatic carbocycles. The summed E-state index contributed by atoms with van der Waals surface area (Å²) >= 11 is 0. The fourth-order valence-electron chi connectivity index (χ4n) is 2.35. The van der Waals surface area contributed by atoms with Gasteiger partial charge in [-0.3, -0.25) is 4.90 Å². The number of halogens is 2. The van der Waals surface area contributed by atoms with Gasteiger partial charge in [-0.1, -0.05) is 6.07 Å². The zero-order valence-corrected chi connectivity index (χ0v) is 13.3. The average Bonchev–Trinajstić information content (AvgIpc) is 2.92. The van der Waals surface area contributed by atoms with Gasteiger partial charge in [0.25, 0.3) is 0 Å². The van der Waals surface area contributed by atoms with Crippen LogP contribution in [0.5, 0.6) is 11.5 Å². The van der Waals surface area contributed by atoms with Gasteiger partial charge in [0.2, 0.25) is 6.79 Å². The van der Waals surface area contributed by atoms with Crippen LogP contribution in [0.3, 0.4) is 0 Å². The third-order valence-electron chi connectivity index (χ3n) is 3.47. The molecular formula is C14H20Cl2N2O3-2. The van der Waals surface area contributed by atoms with Gasteiger partial charge in [-0.2, -0.15) is 0 Å². The molecule has 0 spiro atoms. The molecule has 5 nitrogen and oxygen atoms in total. The highest BCUT2D eigenvalue weighted by Gasteiger charge is 2.13. The van der Waals surface area contributed by atoms with E-state index < -0.39 is 0 Å². The van der Waals surface area contributed by atoms with E-state index in [1.165, 1.54) is 5.56 Å². The molecule has 0 aromatic heterocycles. The first-order valence-corrected chi connectivity index (χ1v) is 6.81.